The Labute approximate surface area is 324 Å². The van der Waals surface area contributed by atoms with Crippen LogP contribution >= 0.6 is 0 Å². The first-order valence-corrected chi connectivity index (χ1v) is 19.9. The molecule has 1 N–H and O–H groups in total. The quantitative estimate of drug-likeness (QED) is 0.0661. The van der Waals surface area contributed by atoms with Gasteiger partial charge in [-0.1, -0.05) is 103 Å². The van der Waals surface area contributed by atoms with Crippen LogP contribution in [-0.2, 0) is 25.0 Å². The lowest BCUT2D eigenvalue weighted by molar-refractivity contribution is -0.0997. The summed E-state index contributed by atoms with van der Waals surface area (Å²) in [7, 11) is 0. The maximum absolute atomic E-state index is 11.4. The molecule has 3 aromatic carbocycles. The van der Waals surface area contributed by atoms with Crippen molar-refractivity contribution >= 4 is 0 Å². The molecule has 54 heavy (non-hydrogen) atoms. The van der Waals surface area contributed by atoms with Crippen LogP contribution in [0.4, 0.5) is 0 Å². The summed E-state index contributed by atoms with van der Waals surface area (Å²) < 4.78 is 35.7. The lowest BCUT2D eigenvalue weighted by atomic mass is 9.76. The molecule has 0 aliphatic carbocycles. The fourth-order valence-electron chi connectivity index (χ4n) is 6.83. The average molecular weight is 741 g/mol. The molecule has 5 unspecified atom stereocenters. The maximum atomic E-state index is 11.4. The molecule has 2 heterocycles. The minimum Gasteiger partial charge on any atom is -0.491 e. The highest BCUT2D eigenvalue weighted by molar-refractivity contribution is 5.42. The number of rotatable bonds is 21. The summed E-state index contributed by atoms with van der Waals surface area (Å²) in [6.45, 7) is 23.7. The number of aliphatic hydroxyl groups is 1. The first kappa shape index (κ1) is 41.4. The standard InChI is InChI=1S/C47H64O7/c1-11-33(44(5,6)34-16-23-38(24-17-34)49-29-41-30-50-41)15-22-37(12-2)53-46(9,13-3)42(48)31-51-39-25-18-35(19-26-39)45(7,8)36-20-27-40(28-21-36)54-47(10,14-4)43-32-52-43/h15-28,41-43,48H,11-14,29-32H2,1-10H3/b33-15+,37-22+. The molecule has 0 saturated carbocycles. The van der Waals surface area contributed by atoms with Gasteiger partial charge in [-0.05, 0) is 92.3 Å². The molecule has 2 saturated heterocycles. The Balaban J connectivity index is 1.18. The van der Waals surface area contributed by atoms with Crippen LogP contribution in [0.3, 0.4) is 0 Å². The van der Waals surface area contributed by atoms with Gasteiger partial charge < -0.3 is 33.5 Å². The first-order chi connectivity index (χ1) is 25.7. The molecule has 2 aliphatic rings. The molecule has 0 aromatic heterocycles. The van der Waals surface area contributed by atoms with E-state index in [1.807, 2.05) is 38.1 Å². The molecule has 5 rings (SSSR count). The molecule has 7 nitrogen and oxygen atoms in total. The first-order valence-electron chi connectivity index (χ1n) is 19.9. The molecule has 294 valence electrons. The zero-order valence-corrected chi connectivity index (χ0v) is 34.4. The van der Waals surface area contributed by atoms with E-state index in [9.17, 15) is 5.11 Å². The van der Waals surface area contributed by atoms with E-state index in [0.717, 1.165) is 43.3 Å². The minimum absolute atomic E-state index is 0.116. The monoisotopic (exact) mass is 740 g/mol. The smallest absolute Gasteiger partial charge is 0.135 e. The van der Waals surface area contributed by atoms with E-state index in [1.165, 1.54) is 22.3 Å². The molecule has 2 aliphatic heterocycles. The zero-order valence-electron chi connectivity index (χ0n) is 34.4. The second kappa shape index (κ2) is 17.3. The van der Waals surface area contributed by atoms with E-state index < -0.39 is 11.7 Å². The van der Waals surface area contributed by atoms with E-state index in [1.54, 1.807) is 0 Å². The van der Waals surface area contributed by atoms with Crippen molar-refractivity contribution in [1.82, 2.24) is 0 Å². The summed E-state index contributed by atoms with van der Waals surface area (Å²) in [4.78, 5) is 0. The van der Waals surface area contributed by atoms with E-state index in [-0.39, 0.29) is 35.2 Å². The Morgan fingerprint density at radius 2 is 1.24 bits per heavy atom. The van der Waals surface area contributed by atoms with Crippen LogP contribution in [0.15, 0.2) is 96.3 Å². The molecule has 2 fully saturated rings. The lowest BCUT2D eigenvalue weighted by Gasteiger charge is -2.35. The van der Waals surface area contributed by atoms with Gasteiger partial charge in [0.1, 0.15) is 60.0 Å². The summed E-state index contributed by atoms with van der Waals surface area (Å²) in [6, 6.07) is 24.9. The van der Waals surface area contributed by atoms with Crippen molar-refractivity contribution in [3.8, 4) is 17.2 Å². The van der Waals surface area contributed by atoms with Crippen LogP contribution in [0.25, 0.3) is 0 Å². The number of ether oxygens (including phenoxy) is 6. The average Bonchev–Trinajstić information content (AvgIpc) is 4.11. The van der Waals surface area contributed by atoms with Crippen LogP contribution in [0, 0.1) is 0 Å². The molecule has 0 bridgehead atoms. The van der Waals surface area contributed by atoms with Gasteiger partial charge in [-0.3, -0.25) is 0 Å². The Kier molecular flexibility index (Phi) is 13.3. The van der Waals surface area contributed by atoms with Gasteiger partial charge in [0.15, 0.2) is 0 Å². The SMILES string of the molecule is CC/C(=C\C=C(/CC)C(C)(C)c1ccc(OCC2CO2)cc1)OC(C)(CC)C(O)COc1ccc(C(C)(C)c2ccc(OC(C)(CC)C3CO3)cc2)cc1. The Morgan fingerprint density at radius 1 is 0.704 bits per heavy atom. The summed E-state index contributed by atoms with van der Waals surface area (Å²) in [5.41, 5.74) is 3.33. The molecule has 5 atom stereocenters. The molecule has 0 amide bonds. The van der Waals surface area contributed by atoms with Gasteiger partial charge in [0.2, 0.25) is 0 Å². The maximum Gasteiger partial charge on any atom is 0.135 e. The van der Waals surface area contributed by atoms with Crippen LogP contribution in [0.5, 0.6) is 17.2 Å². The Hall–Kier alpha value is -3.78. The van der Waals surface area contributed by atoms with Crippen LogP contribution in [0.1, 0.15) is 112 Å². The van der Waals surface area contributed by atoms with Crippen molar-refractivity contribution in [2.75, 3.05) is 26.4 Å². The van der Waals surface area contributed by atoms with Crippen LogP contribution < -0.4 is 14.2 Å². The number of epoxide rings is 2. The van der Waals surface area contributed by atoms with Crippen LogP contribution in [0.2, 0.25) is 0 Å². The van der Waals surface area contributed by atoms with Gasteiger partial charge in [0, 0.05) is 17.3 Å². The van der Waals surface area contributed by atoms with Crippen molar-refractivity contribution in [1.29, 1.82) is 0 Å². The van der Waals surface area contributed by atoms with Gasteiger partial charge in [-0.25, -0.2) is 0 Å². The van der Waals surface area contributed by atoms with Crippen molar-refractivity contribution in [3.05, 3.63) is 113 Å². The predicted molar refractivity (Wildman–Crippen MR) is 217 cm³/mol. The minimum atomic E-state index is -0.839. The molecular weight excluding hydrogens is 677 g/mol. The van der Waals surface area contributed by atoms with Crippen LogP contribution in [-0.4, -0.2) is 61.0 Å². The third-order valence-corrected chi connectivity index (χ3v) is 11.8. The summed E-state index contributed by atoms with van der Waals surface area (Å²) >= 11 is 0. The second-order valence-electron chi connectivity index (χ2n) is 16.3. The molecule has 3 aromatic rings. The van der Waals surface area contributed by atoms with Gasteiger partial charge in [-0.15, -0.1) is 0 Å². The van der Waals surface area contributed by atoms with E-state index in [4.69, 9.17) is 28.4 Å². The van der Waals surface area contributed by atoms with E-state index in [0.29, 0.717) is 25.2 Å². The number of hydrogen-bond donors (Lipinski definition) is 1. The second-order valence-corrected chi connectivity index (χ2v) is 16.3. The third kappa shape index (κ3) is 10.1. The fourth-order valence-corrected chi connectivity index (χ4v) is 6.83. The number of hydrogen-bond acceptors (Lipinski definition) is 7. The molecule has 0 radical (unpaired) electrons. The largest absolute Gasteiger partial charge is 0.491 e. The zero-order chi connectivity index (χ0) is 39.1. The normalized spacial score (nSPS) is 20.4. The Morgan fingerprint density at radius 3 is 1.72 bits per heavy atom. The van der Waals surface area contributed by atoms with Gasteiger partial charge in [0.25, 0.3) is 0 Å². The van der Waals surface area contributed by atoms with Crippen molar-refractivity contribution in [2.45, 2.75) is 135 Å². The summed E-state index contributed by atoms with van der Waals surface area (Å²) in [5.74, 6) is 3.25. The van der Waals surface area contributed by atoms with E-state index >= 15 is 0 Å². The highest BCUT2D eigenvalue weighted by Gasteiger charge is 2.44. The fraction of sp³-hybridized carbons (Fsp3) is 0.532. The van der Waals surface area contributed by atoms with Gasteiger partial charge in [-0.2, -0.15) is 0 Å². The number of aliphatic hydroxyl groups excluding tert-OH is 1. The molecular formula is C47H64O7. The molecule has 0 spiro atoms. The van der Waals surface area contributed by atoms with Crippen molar-refractivity contribution in [3.63, 3.8) is 0 Å². The summed E-state index contributed by atoms with van der Waals surface area (Å²) in [5, 5.41) is 11.4. The molecule has 7 heteroatoms. The highest BCUT2D eigenvalue weighted by Crippen LogP contribution is 2.37. The van der Waals surface area contributed by atoms with Crippen molar-refractivity contribution < 1.29 is 33.5 Å². The van der Waals surface area contributed by atoms with E-state index in [2.05, 4.69) is 116 Å². The van der Waals surface area contributed by atoms with Crippen molar-refractivity contribution in [2.24, 2.45) is 0 Å². The highest BCUT2D eigenvalue weighted by atomic mass is 16.6. The Bertz CT molecular complexity index is 1700. The number of allylic oxidation sites excluding steroid dienone is 4. The van der Waals surface area contributed by atoms with Gasteiger partial charge >= 0.3 is 0 Å². The van der Waals surface area contributed by atoms with Gasteiger partial charge in [0.05, 0.1) is 19.0 Å². The third-order valence-electron chi connectivity index (χ3n) is 11.8. The predicted octanol–water partition coefficient (Wildman–Crippen LogP) is 10.3. The number of benzene rings is 3. The lowest BCUT2D eigenvalue weighted by Crippen LogP contribution is -2.44. The summed E-state index contributed by atoms with van der Waals surface area (Å²) in [6.07, 6.45) is 6.92. The topological polar surface area (TPSA) is 82.2 Å².